The molecule has 2 N–H and O–H groups in total. The number of hydrogen-bond acceptors (Lipinski definition) is 4. The Labute approximate surface area is 152 Å². The van der Waals surface area contributed by atoms with Gasteiger partial charge in [-0.2, -0.15) is 18.3 Å². The number of fused-ring (bicyclic) bond motifs is 1. The second-order valence-corrected chi connectivity index (χ2v) is 6.55. The predicted octanol–water partition coefficient (Wildman–Crippen LogP) is 2.60. The molecule has 1 aromatic carbocycles. The summed E-state index contributed by atoms with van der Waals surface area (Å²) < 4.78 is 37.0. The van der Waals surface area contributed by atoms with Crippen molar-refractivity contribution in [3.05, 3.63) is 48.4 Å². The van der Waals surface area contributed by atoms with Crippen LogP contribution in [-0.2, 0) is 0 Å². The number of aromatic nitrogens is 3. The van der Waals surface area contributed by atoms with Crippen LogP contribution < -0.4 is 5.32 Å². The molecule has 0 atom stereocenters. The maximum atomic E-state index is 12.5. The number of aromatic amines is 1. The minimum absolute atomic E-state index is 0.175. The lowest BCUT2D eigenvalue weighted by Gasteiger charge is -2.39. The number of nitrogens with one attached hydrogen (secondary N) is 2. The largest absolute Gasteiger partial charge is 0.401 e. The third kappa shape index (κ3) is 3.77. The molecule has 0 unspecified atom stereocenters. The first-order chi connectivity index (χ1) is 12.9. The molecule has 1 aliphatic heterocycles. The van der Waals surface area contributed by atoms with Gasteiger partial charge in [-0.15, -0.1) is 0 Å². The van der Waals surface area contributed by atoms with Crippen LogP contribution in [0.4, 0.5) is 13.2 Å². The van der Waals surface area contributed by atoms with E-state index < -0.39 is 18.6 Å². The Balaban J connectivity index is 1.48. The molecule has 0 radical (unpaired) electrons. The smallest absolute Gasteiger partial charge is 0.345 e. The van der Waals surface area contributed by atoms with E-state index >= 15 is 0 Å². The fourth-order valence-electron chi connectivity index (χ4n) is 3.20. The third-order valence-corrected chi connectivity index (χ3v) is 4.47. The zero-order valence-corrected chi connectivity index (χ0v) is 14.1. The van der Waals surface area contributed by atoms with Crippen molar-refractivity contribution in [3.8, 4) is 11.1 Å². The lowest BCUT2D eigenvalue weighted by molar-refractivity contribution is -0.155. The number of alkyl halides is 3. The maximum Gasteiger partial charge on any atom is 0.401 e. The van der Waals surface area contributed by atoms with Crippen molar-refractivity contribution in [3.63, 3.8) is 0 Å². The van der Waals surface area contributed by atoms with Crippen molar-refractivity contribution < 1.29 is 18.0 Å². The van der Waals surface area contributed by atoms with Crippen molar-refractivity contribution >= 4 is 16.8 Å². The van der Waals surface area contributed by atoms with Crippen molar-refractivity contribution in [2.75, 3.05) is 19.6 Å². The molecule has 2 aromatic heterocycles. The van der Waals surface area contributed by atoms with Crippen molar-refractivity contribution in [2.24, 2.45) is 0 Å². The number of hydrogen-bond donors (Lipinski definition) is 2. The van der Waals surface area contributed by atoms with E-state index in [9.17, 15) is 18.0 Å². The molecule has 1 amide bonds. The highest BCUT2D eigenvalue weighted by atomic mass is 19.4. The second kappa shape index (κ2) is 6.66. The first-order valence-corrected chi connectivity index (χ1v) is 8.37. The summed E-state index contributed by atoms with van der Waals surface area (Å²) in [4.78, 5) is 17.8. The van der Waals surface area contributed by atoms with Crippen LogP contribution in [0.25, 0.3) is 22.0 Å². The number of likely N-dealkylation sites (tertiary alicyclic amines) is 1. The van der Waals surface area contributed by atoms with E-state index in [4.69, 9.17) is 0 Å². The summed E-state index contributed by atoms with van der Waals surface area (Å²) in [6, 6.07) is 9.01. The predicted molar refractivity (Wildman–Crippen MR) is 93.1 cm³/mol. The number of amides is 1. The van der Waals surface area contributed by atoms with Gasteiger partial charge in [-0.05, 0) is 23.8 Å². The second-order valence-electron chi connectivity index (χ2n) is 6.55. The first kappa shape index (κ1) is 17.5. The SMILES string of the molecule is O=C(NC1CN(CC(F)(F)F)C1)c1n[nH]c2ccc(-c3cccnc3)cc12. The third-order valence-electron chi connectivity index (χ3n) is 4.47. The van der Waals surface area contributed by atoms with Crippen molar-refractivity contribution in [2.45, 2.75) is 12.2 Å². The van der Waals surface area contributed by atoms with Crippen LogP contribution in [0.2, 0.25) is 0 Å². The summed E-state index contributed by atoms with van der Waals surface area (Å²) in [5.41, 5.74) is 2.74. The molecule has 0 spiro atoms. The highest BCUT2D eigenvalue weighted by Gasteiger charge is 2.37. The van der Waals surface area contributed by atoms with Crippen LogP contribution in [0.15, 0.2) is 42.7 Å². The fraction of sp³-hybridized carbons (Fsp3) is 0.278. The zero-order chi connectivity index (χ0) is 19.0. The molecule has 6 nitrogen and oxygen atoms in total. The van der Waals surface area contributed by atoms with Gasteiger partial charge in [-0.1, -0.05) is 12.1 Å². The van der Waals surface area contributed by atoms with E-state index in [1.54, 1.807) is 12.4 Å². The molecule has 27 heavy (non-hydrogen) atoms. The van der Waals surface area contributed by atoms with Crippen LogP contribution >= 0.6 is 0 Å². The molecule has 3 heterocycles. The molecule has 1 saturated heterocycles. The summed E-state index contributed by atoms with van der Waals surface area (Å²) in [6.45, 7) is -0.609. The summed E-state index contributed by atoms with van der Waals surface area (Å²) in [6.07, 6.45) is -0.819. The van der Waals surface area contributed by atoms with Gasteiger partial charge in [-0.3, -0.25) is 19.8 Å². The number of nitrogens with zero attached hydrogens (tertiary/aromatic N) is 3. The van der Waals surface area contributed by atoms with Crippen molar-refractivity contribution in [1.82, 2.24) is 25.4 Å². The van der Waals surface area contributed by atoms with Gasteiger partial charge in [0.15, 0.2) is 5.69 Å². The van der Waals surface area contributed by atoms with Crippen LogP contribution in [0, 0.1) is 0 Å². The molecular weight excluding hydrogens is 359 g/mol. The Kier molecular flexibility index (Phi) is 4.31. The molecule has 0 aliphatic carbocycles. The number of pyridine rings is 1. The lowest BCUT2D eigenvalue weighted by atomic mass is 10.0. The van der Waals surface area contributed by atoms with Crippen molar-refractivity contribution in [1.29, 1.82) is 0 Å². The number of rotatable bonds is 4. The molecule has 1 aliphatic rings. The normalized spacial score (nSPS) is 15.7. The molecule has 1 fully saturated rings. The van der Waals surface area contributed by atoms with Gasteiger partial charge in [-0.25, -0.2) is 0 Å². The van der Waals surface area contributed by atoms with Gasteiger partial charge in [0.05, 0.1) is 18.1 Å². The fourth-order valence-corrected chi connectivity index (χ4v) is 3.20. The van der Waals surface area contributed by atoms with E-state index in [1.807, 2.05) is 30.3 Å². The van der Waals surface area contributed by atoms with Crippen LogP contribution in [0.3, 0.4) is 0 Å². The zero-order valence-electron chi connectivity index (χ0n) is 14.1. The van der Waals surface area contributed by atoms with E-state index in [2.05, 4.69) is 20.5 Å². The standard InChI is InChI=1S/C18H16F3N5O/c19-18(20,21)10-26-8-13(9-26)23-17(27)16-14-6-11(3-4-15(14)24-25-16)12-2-1-5-22-7-12/h1-7,13H,8-10H2,(H,23,27)(H,24,25). The lowest BCUT2D eigenvalue weighted by Crippen LogP contribution is -2.61. The minimum atomic E-state index is -4.23. The number of halogens is 3. The molecule has 9 heteroatoms. The van der Waals surface area contributed by atoms with Gasteiger partial charge in [0.2, 0.25) is 0 Å². The Morgan fingerprint density at radius 1 is 1.26 bits per heavy atom. The summed E-state index contributed by atoms with van der Waals surface area (Å²) in [5.74, 6) is -0.402. The Morgan fingerprint density at radius 2 is 2.07 bits per heavy atom. The topological polar surface area (TPSA) is 73.9 Å². The molecule has 0 saturated carbocycles. The minimum Gasteiger partial charge on any atom is -0.345 e. The number of H-pyrrole nitrogens is 1. The van der Waals surface area contributed by atoms with E-state index in [0.717, 1.165) is 11.1 Å². The van der Waals surface area contributed by atoms with Gasteiger partial charge in [0, 0.05) is 36.4 Å². The molecule has 3 aromatic rings. The monoisotopic (exact) mass is 375 g/mol. The Bertz CT molecular complexity index is 964. The molecule has 0 bridgehead atoms. The van der Waals surface area contributed by atoms with Gasteiger partial charge in [0.25, 0.3) is 5.91 Å². The average molecular weight is 375 g/mol. The van der Waals surface area contributed by atoms with E-state index in [0.29, 0.717) is 10.9 Å². The average Bonchev–Trinajstić information content (AvgIpc) is 3.02. The van der Waals surface area contributed by atoms with Crippen LogP contribution in [-0.4, -0.2) is 57.8 Å². The quantitative estimate of drug-likeness (QED) is 0.735. The van der Waals surface area contributed by atoms with E-state index in [1.165, 1.54) is 4.90 Å². The van der Waals surface area contributed by atoms with Gasteiger partial charge < -0.3 is 5.32 Å². The van der Waals surface area contributed by atoms with Gasteiger partial charge >= 0.3 is 6.18 Å². The number of carbonyl (C=O) groups is 1. The first-order valence-electron chi connectivity index (χ1n) is 8.37. The van der Waals surface area contributed by atoms with Crippen LogP contribution in [0.5, 0.6) is 0 Å². The summed E-state index contributed by atoms with van der Waals surface area (Å²) >= 11 is 0. The van der Waals surface area contributed by atoms with Crippen LogP contribution in [0.1, 0.15) is 10.5 Å². The van der Waals surface area contributed by atoms with Gasteiger partial charge in [0.1, 0.15) is 0 Å². The highest BCUT2D eigenvalue weighted by Crippen LogP contribution is 2.25. The maximum absolute atomic E-state index is 12.5. The summed E-state index contributed by atoms with van der Waals surface area (Å²) in [7, 11) is 0. The summed E-state index contributed by atoms with van der Waals surface area (Å²) in [5, 5.41) is 10.3. The Morgan fingerprint density at radius 3 is 2.78 bits per heavy atom. The number of benzene rings is 1. The molecular formula is C18H16F3N5O. The molecule has 140 valence electrons. The van der Waals surface area contributed by atoms with E-state index in [-0.39, 0.29) is 24.8 Å². The highest BCUT2D eigenvalue weighted by molar-refractivity contribution is 6.05. The Hall–Kier alpha value is -2.94. The number of carbonyl (C=O) groups excluding carboxylic acids is 1. The molecule has 4 rings (SSSR count).